The number of hydrogen-bond acceptors (Lipinski definition) is 4. The monoisotopic (exact) mass is 649 g/mol. The number of sulfonamides is 1. The van der Waals surface area contributed by atoms with Crippen molar-refractivity contribution >= 4 is 39.1 Å². The first-order chi connectivity index (χ1) is 21.5. The highest BCUT2D eigenvalue weighted by Crippen LogP contribution is 2.29. The molecule has 0 heterocycles. The van der Waals surface area contributed by atoms with Crippen molar-refractivity contribution < 1.29 is 22.4 Å². The van der Waals surface area contributed by atoms with Crippen LogP contribution in [0.25, 0.3) is 0 Å². The van der Waals surface area contributed by atoms with Gasteiger partial charge in [-0.2, -0.15) is 0 Å². The standard InChI is InChI=1S/C35H37ClFN3O4S/c1-4-26(3)38-35(42)33(22-27-11-7-5-8-12-27)39(23-28-15-18-30(37)19-16-28)34(41)24-40(32-20-17-29(36)21-25(32)2)45(43,44)31-13-9-6-10-14-31/h5-21,26,33H,4,22-24H2,1-3H3,(H,38,42)/t26-,33+/m0/s1. The van der Waals surface area contributed by atoms with E-state index in [0.717, 1.165) is 9.87 Å². The minimum Gasteiger partial charge on any atom is -0.352 e. The topological polar surface area (TPSA) is 86.8 Å². The van der Waals surface area contributed by atoms with Crippen molar-refractivity contribution in [3.63, 3.8) is 0 Å². The molecule has 0 unspecified atom stereocenters. The third kappa shape index (κ3) is 8.71. The van der Waals surface area contributed by atoms with Gasteiger partial charge in [0.25, 0.3) is 10.0 Å². The van der Waals surface area contributed by atoms with Crippen LogP contribution in [0.15, 0.2) is 108 Å². The van der Waals surface area contributed by atoms with E-state index in [4.69, 9.17) is 11.6 Å². The largest absolute Gasteiger partial charge is 0.352 e. The molecule has 0 fully saturated rings. The lowest BCUT2D eigenvalue weighted by atomic mass is 10.0. The van der Waals surface area contributed by atoms with Gasteiger partial charge in [-0.3, -0.25) is 13.9 Å². The highest BCUT2D eigenvalue weighted by Gasteiger charge is 2.35. The van der Waals surface area contributed by atoms with E-state index in [0.29, 0.717) is 22.6 Å². The number of carbonyl (C=O) groups excluding carboxylic acids is 2. The summed E-state index contributed by atoms with van der Waals surface area (Å²) in [5.74, 6) is -1.41. The van der Waals surface area contributed by atoms with Gasteiger partial charge in [0.1, 0.15) is 18.4 Å². The molecule has 0 aliphatic rings. The molecule has 4 aromatic carbocycles. The number of carbonyl (C=O) groups is 2. The molecular weight excluding hydrogens is 613 g/mol. The summed E-state index contributed by atoms with van der Waals surface area (Å²) in [4.78, 5) is 29.7. The molecule has 0 saturated heterocycles. The third-order valence-electron chi connectivity index (χ3n) is 7.58. The zero-order valence-electron chi connectivity index (χ0n) is 25.5. The van der Waals surface area contributed by atoms with E-state index in [1.807, 2.05) is 44.2 Å². The van der Waals surface area contributed by atoms with Crippen LogP contribution >= 0.6 is 11.6 Å². The molecular formula is C35H37ClFN3O4S. The molecule has 4 aromatic rings. The van der Waals surface area contributed by atoms with Gasteiger partial charge in [0, 0.05) is 24.0 Å². The maximum absolute atomic E-state index is 14.5. The summed E-state index contributed by atoms with van der Waals surface area (Å²) in [5.41, 5.74) is 2.23. The Kier molecular flexibility index (Phi) is 11.4. The van der Waals surface area contributed by atoms with Crippen LogP contribution in [-0.2, 0) is 32.6 Å². The van der Waals surface area contributed by atoms with Crippen LogP contribution < -0.4 is 9.62 Å². The van der Waals surface area contributed by atoms with Crippen molar-refractivity contribution in [3.05, 3.63) is 131 Å². The molecule has 2 atom stereocenters. The zero-order chi connectivity index (χ0) is 32.6. The Morgan fingerprint density at radius 1 is 0.889 bits per heavy atom. The van der Waals surface area contributed by atoms with Crippen LogP contribution in [0.2, 0.25) is 5.02 Å². The SMILES string of the molecule is CC[C@H](C)NC(=O)[C@@H](Cc1ccccc1)N(Cc1ccc(F)cc1)C(=O)CN(c1ccc(Cl)cc1C)S(=O)(=O)c1ccccc1. The summed E-state index contributed by atoms with van der Waals surface area (Å²) >= 11 is 6.20. The Morgan fingerprint density at radius 2 is 1.51 bits per heavy atom. The first kappa shape index (κ1) is 33.7. The van der Waals surface area contributed by atoms with Gasteiger partial charge in [-0.05, 0) is 79.4 Å². The van der Waals surface area contributed by atoms with Gasteiger partial charge in [-0.15, -0.1) is 0 Å². The predicted octanol–water partition coefficient (Wildman–Crippen LogP) is 6.54. The van der Waals surface area contributed by atoms with E-state index in [9.17, 15) is 22.4 Å². The Hall–Kier alpha value is -4.21. The number of rotatable bonds is 13. The van der Waals surface area contributed by atoms with Crippen LogP contribution in [0, 0.1) is 12.7 Å². The molecule has 45 heavy (non-hydrogen) atoms. The summed E-state index contributed by atoms with van der Waals surface area (Å²) in [7, 11) is -4.23. The number of nitrogens with zero attached hydrogens (tertiary/aromatic N) is 2. The number of nitrogens with one attached hydrogen (secondary N) is 1. The molecule has 0 aliphatic carbocycles. The first-order valence-corrected chi connectivity index (χ1v) is 16.5. The lowest BCUT2D eigenvalue weighted by Crippen LogP contribution is -2.54. The number of amides is 2. The molecule has 0 spiro atoms. The fraction of sp³-hybridized carbons (Fsp3) is 0.257. The van der Waals surface area contributed by atoms with Crippen molar-refractivity contribution in [3.8, 4) is 0 Å². The third-order valence-corrected chi connectivity index (χ3v) is 9.58. The molecule has 0 aromatic heterocycles. The van der Waals surface area contributed by atoms with Gasteiger partial charge >= 0.3 is 0 Å². The number of benzene rings is 4. The van der Waals surface area contributed by atoms with Crippen LogP contribution in [-0.4, -0.2) is 43.8 Å². The smallest absolute Gasteiger partial charge is 0.264 e. The number of halogens is 2. The summed E-state index contributed by atoms with van der Waals surface area (Å²) in [6.07, 6.45) is 0.857. The van der Waals surface area contributed by atoms with Crippen LogP contribution in [0.4, 0.5) is 10.1 Å². The second-order valence-electron chi connectivity index (χ2n) is 10.9. The van der Waals surface area contributed by atoms with Crippen LogP contribution in [0.5, 0.6) is 0 Å². The molecule has 1 N–H and O–H groups in total. The van der Waals surface area contributed by atoms with E-state index in [-0.39, 0.29) is 35.5 Å². The van der Waals surface area contributed by atoms with Gasteiger partial charge < -0.3 is 10.2 Å². The predicted molar refractivity (Wildman–Crippen MR) is 176 cm³/mol. The highest BCUT2D eigenvalue weighted by molar-refractivity contribution is 7.92. The van der Waals surface area contributed by atoms with Gasteiger partial charge in [0.2, 0.25) is 11.8 Å². The lowest BCUT2D eigenvalue weighted by Gasteiger charge is -2.34. The molecule has 0 aliphatic heterocycles. The Labute approximate surface area is 269 Å². The maximum Gasteiger partial charge on any atom is 0.264 e. The zero-order valence-corrected chi connectivity index (χ0v) is 27.1. The van der Waals surface area contributed by atoms with Crippen molar-refractivity contribution in [2.24, 2.45) is 0 Å². The summed E-state index contributed by atoms with van der Waals surface area (Å²) in [6, 6.07) is 26.4. The fourth-order valence-corrected chi connectivity index (χ4v) is 6.64. The van der Waals surface area contributed by atoms with E-state index < -0.39 is 34.3 Å². The maximum atomic E-state index is 14.5. The van der Waals surface area contributed by atoms with E-state index in [2.05, 4.69) is 5.32 Å². The fourth-order valence-electron chi connectivity index (χ4n) is 4.91. The normalized spacial score (nSPS) is 12.6. The Bertz CT molecular complexity index is 1700. The van der Waals surface area contributed by atoms with E-state index in [1.54, 1.807) is 55.5 Å². The average molecular weight is 650 g/mol. The first-order valence-electron chi connectivity index (χ1n) is 14.7. The minimum absolute atomic E-state index is 0.00702. The number of hydrogen-bond donors (Lipinski definition) is 1. The van der Waals surface area contributed by atoms with Gasteiger partial charge in [-0.1, -0.05) is 79.2 Å². The van der Waals surface area contributed by atoms with Gasteiger partial charge in [0.15, 0.2) is 0 Å². The second-order valence-corrected chi connectivity index (χ2v) is 13.2. The van der Waals surface area contributed by atoms with Crippen LogP contribution in [0.3, 0.4) is 0 Å². The molecule has 0 radical (unpaired) electrons. The molecule has 7 nitrogen and oxygen atoms in total. The molecule has 236 valence electrons. The van der Waals surface area contributed by atoms with E-state index in [1.165, 1.54) is 29.2 Å². The summed E-state index contributed by atoms with van der Waals surface area (Å²) in [5, 5.41) is 3.42. The van der Waals surface area contributed by atoms with Gasteiger partial charge in [0.05, 0.1) is 10.6 Å². The molecule has 2 amide bonds. The van der Waals surface area contributed by atoms with Crippen molar-refractivity contribution in [2.75, 3.05) is 10.8 Å². The molecule has 10 heteroatoms. The lowest BCUT2D eigenvalue weighted by molar-refractivity contribution is -0.140. The molecule has 4 rings (SSSR count). The summed E-state index contributed by atoms with van der Waals surface area (Å²) in [6.45, 7) is 4.89. The highest BCUT2D eigenvalue weighted by atomic mass is 35.5. The molecule has 0 saturated carbocycles. The van der Waals surface area contributed by atoms with Gasteiger partial charge in [-0.25, -0.2) is 12.8 Å². The quantitative estimate of drug-likeness (QED) is 0.178. The average Bonchev–Trinajstić information content (AvgIpc) is 3.03. The van der Waals surface area contributed by atoms with E-state index >= 15 is 0 Å². The van der Waals surface area contributed by atoms with Crippen LogP contribution in [0.1, 0.15) is 37.0 Å². The van der Waals surface area contributed by atoms with Crippen molar-refractivity contribution in [1.29, 1.82) is 0 Å². The molecule has 0 bridgehead atoms. The number of anilines is 1. The van der Waals surface area contributed by atoms with Crippen molar-refractivity contribution in [2.45, 2.75) is 57.1 Å². The van der Waals surface area contributed by atoms with Crippen molar-refractivity contribution in [1.82, 2.24) is 10.2 Å². The Balaban J connectivity index is 1.82. The Morgan fingerprint density at radius 3 is 2.11 bits per heavy atom. The second kappa shape index (κ2) is 15.2. The minimum atomic E-state index is -4.23. The number of aryl methyl sites for hydroxylation is 1. The summed E-state index contributed by atoms with van der Waals surface area (Å²) < 4.78 is 43.1.